The van der Waals surface area contributed by atoms with E-state index in [1.54, 1.807) is 47.0 Å². The lowest BCUT2D eigenvalue weighted by molar-refractivity contribution is -0.167. The molecule has 0 aromatic carbocycles. The molecule has 0 amide bonds. The lowest BCUT2D eigenvalue weighted by atomic mass is 10.1. The Hall–Kier alpha value is -1.14. The molecule has 0 fully saturated rings. The van der Waals surface area contributed by atoms with Gasteiger partial charge in [-0.15, -0.1) is 0 Å². The molecule has 18 heavy (non-hydrogen) atoms. The number of hydroxylamine groups is 1. The standard InChI is InChI=1S/C12H23NO5/c1-11(2,3)17-9(14)7-8(13-16)10(15)18-12(4,5)6/h8,13,16H,7H2,1-6H3. The van der Waals surface area contributed by atoms with Crippen molar-refractivity contribution in [1.29, 1.82) is 0 Å². The van der Waals surface area contributed by atoms with Crippen LogP contribution in [0, 0.1) is 0 Å². The first-order chi connectivity index (χ1) is 7.94. The number of carbonyl (C=O) groups excluding carboxylic acids is 2. The van der Waals surface area contributed by atoms with Crippen molar-refractivity contribution in [3.8, 4) is 0 Å². The minimum absolute atomic E-state index is 0.289. The highest BCUT2D eigenvalue weighted by molar-refractivity contribution is 5.82. The van der Waals surface area contributed by atoms with Crippen LogP contribution in [0.1, 0.15) is 48.0 Å². The van der Waals surface area contributed by atoms with Gasteiger partial charge in [-0.2, -0.15) is 5.48 Å². The molecule has 6 heteroatoms. The average molecular weight is 261 g/mol. The predicted octanol–water partition coefficient (Wildman–Crippen LogP) is 1.41. The summed E-state index contributed by atoms with van der Waals surface area (Å²) in [7, 11) is 0. The highest BCUT2D eigenvalue weighted by atomic mass is 16.6. The minimum Gasteiger partial charge on any atom is -0.460 e. The van der Waals surface area contributed by atoms with Gasteiger partial charge >= 0.3 is 11.9 Å². The molecule has 0 aliphatic carbocycles. The van der Waals surface area contributed by atoms with E-state index in [1.165, 1.54) is 0 Å². The van der Waals surface area contributed by atoms with Crippen molar-refractivity contribution in [1.82, 2.24) is 5.48 Å². The van der Waals surface area contributed by atoms with E-state index in [-0.39, 0.29) is 6.42 Å². The van der Waals surface area contributed by atoms with E-state index >= 15 is 0 Å². The predicted molar refractivity (Wildman–Crippen MR) is 65.0 cm³/mol. The number of rotatable bonds is 4. The molecule has 0 aliphatic rings. The van der Waals surface area contributed by atoms with Crippen molar-refractivity contribution in [2.24, 2.45) is 0 Å². The highest BCUT2D eigenvalue weighted by Crippen LogP contribution is 2.12. The van der Waals surface area contributed by atoms with Gasteiger partial charge in [-0.25, -0.2) is 0 Å². The molecule has 0 heterocycles. The van der Waals surface area contributed by atoms with Crippen LogP contribution >= 0.6 is 0 Å². The third-order valence-corrected chi connectivity index (χ3v) is 1.64. The van der Waals surface area contributed by atoms with Crippen LogP contribution in [0.3, 0.4) is 0 Å². The van der Waals surface area contributed by atoms with Crippen LogP contribution in [-0.2, 0) is 19.1 Å². The fourth-order valence-electron chi connectivity index (χ4n) is 1.10. The zero-order chi connectivity index (χ0) is 14.6. The Bertz CT molecular complexity index is 301. The Morgan fingerprint density at radius 2 is 1.50 bits per heavy atom. The van der Waals surface area contributed by atoms with E-state index in [1.807, 2.05) is 0 Å². The van der Waals surface area contributed by atoms with Crippen LogP contribution in [0.4, 0.5) is 0 Å². The van der Waals surface area contributed by atoms with Crippen LogP contribution in [0.25, 0.3) is 0 Å². The number of carbonyl (C=O) groups is 2. The molecule has 0 rings (SSSR count). The van der Waals surface area contributed by atoms with E-state index in [0.29, 0.717) is 0 Å². The van der Waals surface area contributed by atoms with Gasteiger partial charge in [0.15, 0.2) is 0 Å². The van der Waals surface area contributed by atoms with Crippen LogP contribution in [0.2, 0.25) is 0 Å². The molecule has 1 atom stereocenters. The molecule has 0 aliphatic heterocycles. The summed E-state index contributed by atoms with van der Waals surface area (Å²) in [6.45, 7) is 10.3. The van der Waals surface area contributed by atoms with Crippen molar-refractivity contribution in [3.63, 3.8) is 0 Å². The molecule has 6 nitrogen and oxygen atoms in total. The smallest absolute Gasteiger partial charge is 0.326 e. The second-order valence-corrected chi connectivity index (χ2v) is 6.01. The first-order valence-electron chi connectivity index (χ1n) is 5.79. The molecule has 0 saturated carbocycles. The van der Waals surface area contributed by atoms with E-state index < -0.39 is 29.2 Å². The Morgan fingerprint density at radius 3 is 1.83 bits per heavy atom. The van der Waals surface area contributed by atoms with Gasteiger partial charge in [0.1, 0.15) is 17.2 Å². The molecule has 0 bridgehead atoms. The number of hydrogen-bond donors (Lipinski definition) is 2. The maximum atomic E-state index is 11.6. The summed E-state index contributed by atoms with van der Waals surface area (Å²) in [5.41, 5.74) is 0.451. The topological polar surface area (TPSA) is 84.9 Å². The maximum Gasteiger partial charge on any atom is 0.326 e. The van der Waals surface area contributed by atoms with Crippen molar-refractivity contribution >= 4 is 11.9 Å². The summed E-state index contributed by atoms with van der Waals surface area (Å²) in [5, 5.41) is 8.88. The molecule has 2 N–H and O–H groups in total. The first kappa shape index (κ1) is 16.9. The molecule has 0 aromatic heterocycles. The summed E-state index contributed by atoms with van der Waals surface area (Å²) in [5.74, 6) is -1.28. The monoisotopic (exact) mass is 261 g/mol. The van der Waals surface area contributed by atoms with Gasteiger partial charge in [0.05, 0.1) is 6.42 Å². The number of hydrogen-bond acceptors (Lipinski definition) is 6. The molecular formula is C12H23NO5. The summed E-state index contributed by atoms with van der Waals surface area (Å²) in [6.07, 6.45) is -0.289. The van der Waals surface area contributed by atoms with Crippen LogP contribution < -0.4 is 5.48 Å². The molecule has 106 valence electrons. The molecular weight excluding hydrogens is 238 g/mol. The number of esters is 2. The SMILES string of the molecule is CC(C)(C)OC(=O)CC(NO)C(=O)OC(C)(C)C. The van der Waals surface area contributed by atoms with Crippen molar-refractivity contribution in [2.45, 2.75) is 65.2 Å². The molecule has 1 unspecified atom stereocenters. The lowest BCUT2D eigenvalue weighted by Gasteiger charge is -2.24. The second-order valence-electron chi connectivity index (χ2n) is 6.01. The number of nitrogens with one attached hydrogen (secondary N) is 1. The van der Waals surface area contributed by atoms with Crippen molar-refractivity contribution < 1.29 is 24.3 Å². The molecule has 0 saturated heterocycles. The van der Waals surface area contributed by atoms with Gasteiger partial charge in [0, 0.05) is 0 Å². The third-order valence-electron chi connectivity index (χ3n) is 1.64. The van der Waals surface area contributed by atoms with E-state index in [4.69, 9.17) is 14.7 Å². The quantitative estimate of drug-likeness (QED) is 0.588. The fourth-order valence-corrected chi connectivity index (χ4v) is 1.10. The molecule has 0 aromatic rings. The largest absolute Gasteiger partial charge is 0.460 e. The van der Waals surface area contributed by atoms with E-state index in [9.17, 15) is 9.59 Å². The highest BCUT2D eigenvalue weighted by Gasteiger charge is 2.28. The molecule has 0 radical (unpaired) electrons. The summed E-state index contributed by atoms with van der Waals surface area (Å²) in [4.78, 5) is 23.2. The van der Waals surface area contributed by atoms with Crippen LogP contribution in [0.5, 0.6) is 0 Å². The summed E-state index contributed by atoms with van der Waals surface area (Å²) in [6, 6.07) is -1.13. The zero-order valence-corrected chi connectivity index (χ0v) is 11.9. The van der Waals surface area contributed by atoms with Gasteiger partial charge in [-0.1, -0.05) is 0 Å². The Morgan fingerprint density at radius 1 is 1.06 bits per heavy atom. The third kappa shape index (κ3) is 8.03. The van der Waals surface area contributed by atoms with E-state index in [2.05, 4.69) is 0 Å². The Labute approximate surface area is 108 Å². The first-order valence-corrected chi connectivity index (χ1v) is 5.79. The van der Waals surface area contributed by atoms with E-state index in [0.717, 1.165) is 0 Å². The minimum atomic E-state index is -1.13. The molecule has 0 spiro atoms. The Kier molecular flexibility index (Phi) is 5.76. The van der Waals surface area contributed by atoms with Crippen LogP contribution in [-0.4, -0.2) is 34.4 Å². The average Bonchev–Trinajstić information content (AvgIpc) is 2.07. The number of ether oxygens (including phenoxy) is 2. The second kappa shape index (κ2) is 6.15. The van der Waals surface area contributed by atoms with Crippen LogP contribution in [0.15, 0.2) is 0 Å². The Balaban J connectivity index is 4.44. The summed E-state index contributed by atoms with van der Waals surface area (Å²) < 4.78 is 10.1. The zero-order valence-electron chi connectivity index (χ0n) is 11.9. The normalized spacial score (nSPS) is 13.9. The van der Waals surface area contributed by atoms with Gasteiger partial charge in [-0.3, -0.25) is 9.59 Å². The lowest BCUT2D eigenvalue weighted by Crippen LogP contribution is -2.42. The van der Waals surface area contributed by atoms with Gasteiger partial charge < -0.3 is 14.7 Å². The summed E-state index contributed by atoms with van der Waals surface area (Å²) >= 11 is 0. The van der Waals surface area contributed by atoms with Gasteiger partial charge in [-0.05, 0) is 41.5 Å². The maximum absolute atomic E-state index is 11.6. The van der Waals surface area contributed by atoms with Gasteiger partial charge in [0.25, 0.3) is 0 Å². The van der Waals surface area contributed by atoms with Crippen molar-refractivity contribution in [2.75, 3.05) is 0 Å². The fraction of sp³-hybridized carbons (Fsp3) is 0.833. The van der Waals surface area contributed by atoms with Gasteiger partial charge in [0.2, 0.25) is 0 Å². The van der Waals surface area contributed by atoms with Crippen molar-refractivity contribution in [3.05, 3.63) is 0 Å².